The maximum absolute atomic E-state index is 8.61. The number of ether oxygens (including phenoxy) is 1. The molecule has 0 bridgehead atoms. The van der Waals surface area contributed by atoms with Gasteiger partial charge in [-0.15, -0.1) is 0 Å². The van der Waals surface area contributed by atoms with E-state index in [1.165, 1.54) is 5.56 Å². The van der Waals surface area contributed by atoms with Crippen molar-refractivity contribution in [2.24, 2.45) is 5.11 Å². The lowest BCUT2D eigenvalue weighted by atomic mass is 10.1. The fourth-order valence-corrected chi connectivity index (χ4v) is 1.93. The minimum absolute atomic E-state index is 0.430. The number of hydrogen-bond acceptors (Lipinski definition) is 2. The van der Waals surface area contributed by atoms with E-state index in [0.717, 1.165) is 12.0 Å². The Morgan fingerprint density at radius 3 is 2.15 bits per heavy atom. The molecule has 4 nitrogen and oxygen atoms in total. The highest BCUT2D eigenvalue weighted by Crippen LogP contribution is 2.11. The number of aryl methyl sites for hydroxylation is 1. The van der Waals surface area contributed by atoms with E-state index in [2.05, 4.69) is 22.2 Å². The fourth-order valence-electron chi connectivity index (χ4n) is 1.93. The van der Waals surface area contributed by atoms with Gasteiger partial charge in [0.25, 0.3) is 0 Å². The summed E-state index contributed by atoms with van der Waals surface area (Å²) in [5, 5.41) is 3.71. The molecule has 2 rings (SSSR count). The molecule has 0 radical (unpaired) electrons. The van der Waals surface area contributed by atoms with E-state index < -0.39 is 6.23 Å². The predicted molar refractivity (Wildman–Crippen MR) is 78.9 cm³/mol. The molecule has 0 heterocycles. The molecule has 0 saturated heterocycles. The zero-order valence-corrected chi connectivity index (χ0v) is 11.2. The lowest BCUT2D eigenvalue weighted by Gasteiger charge is -2.12. The first-order valence-corrected chi connectivity index (χ1v) is 6.62. The second kappa shape index (κ2) is 8.00. The Bertz CT molecular complexity index is 507. The normalized spacial score (nSPS) is 11.6. The Kier molecular flexibility index (Phi) is 5.65. The molecule has 2 aromatic rings. The third-order valence-electron chi connectivity index (χ3n) is 2.99. The maximum Gasteiger partial charge on any atom is 0.137 e. The van der Waals surface area contributed by atoms with E-state index in [1.807, 2.05) is 48.5 Å². The number of hydrogen-bond donors (Lipinski definition) is 0. The first-order valence-electron chi connectivity index (χ1n) is 6.62. The van der Waals surface area contributed by atoms with Crippen molar-refractivity contribution in [3.8, 4) is 0 Å². The van der Waals surface area contributed by atoms with Gasteiger partial charge in [-0.1, -0.05) is 65.8 Å². The summed E-state index contributed by atoms with van der Waals surface area (Å²) in [4.78, 5) is 2.86. The van der Waals surface area contributed by atoms with Crippen LogP contribution in [0.5, 0.6) is 0 Å². The summed E-state index contributed by atoms with van der Waals surface area (Å²) >= 11 is 0. The quantitative estimate of drug-likeness (QED) is 0.414. The molecule has 0 fully saturated rings. The van der Waals surface area contributed by atoms with Gasteiger partial charge in [0.05, 0.1) is 6.61 Å². The average Bonchev–Trinajstić information content (AvgIpc) is 2.52. The Labute approximate surface area is 118 Å². The van der Waals surface area contributed by atoms with Crippen LogP contribution in [0, 0.1) is 0 Å². The van der Waals surface area contributed by atoms with Gasteiger partial charge in [-0.3, -0.25) is 0 Å². The van der Waals surface area contributed by atoms with Crippen molar-refractivity contribution in [2.75, 3.05) is 0 Å². The van der Waals surface area contributed by atoms with Gasteiger partial charge >= 0.3 is 0 Å². The van der Waals surface area contributed by atoms with E-state index >= 15 is 0 Å². The number of nitrogens with zero attached hydrogens (tertiary/aromatic N) is 3. The lowest BCUT2D eigenvalue weighted by Crippen LogP contribution is -2.10. The standard InChI is InChI=1S/C16H17N3O/c17-19-18-16(12-11-14-7-3-1-4-8-14)20-13-15-9-5-2-6-10-15/h1-10,16H,11-13H2. The van der Waals surface area contributed by atoms with Crippen molar-refractivity contribution in [1.82, 2.24) is 0 Å². The molecule has 4 heteroatoms. The second-order valence-corrected chi connectivity index (χ2v) is 4.48. The van der Waals surface area contributed by atoms with E-state index in [1.54, 1.807) is 0 Å². The van der Waals surface area contributed by atoms with Crippen LogP contribution in [0.1, 0.15) is 17.5 Å². The largest absolute Gasteiger partial charge is 0.368 e. The number of benzene rings is 2. The molecule has 1 unspecified atom stereocenters. The topological polar surface area (TPSA) is 58.0 Å². The summed E-state index contributed by atoms with van der Waals surface area (Å²) in [6.45, 7) is 0.458. The Morgan fingerprint density at radius 2 is 1.55 bits per heavy atom. The molecule has 0 N–H and O–H groups in total. The van der Waals surface area contributed by atoms with Crippen LogP contribution in [0.3, 0.4) is 0 Å². The molecule has 0 spiro atoms. The highest BCUT2D eigenvalue weighted by Gasteiger charge is 2.07. The van der Waals surface area contributed by atoms with Gasteiger partial charge in [-0.25, -0.2) is 0 Å². The second-order valence-electron chi connectivity index (χ2n) is 4.48. The zero-order valence-electron chi connectivity index (χ0n) is 11.2. The monoisotopic (exact) mass is 267 g/mol. The van der Waals surface area contributed by atoms with Crippen molar-refractivity contribution in [3.05, 3.63) is 82.2 Å². The molecule has 2 aromatic carbocycles. The third-order valence-corrected chi connectivity index (χ3v) is 2.99. The number of rotatable bonds is 7. The Hall–Kier alpha value is -2.29. The van der Waals surface area contributed by atoms with Gasteiger partial charge < -0.3 is 4.74 Å². The molecule has 1 atom stereocenters. The predicted octanol–water partition coefficient (Wildman–Crippen LogP) is 4.47. The van der Waals surface area contributed by atoms with Crippen LogP contribution in [0.4, 0.5) is 0 Å². The van der Waals surface area contributed by atoms with Crippen LogP contribution < -0.4 is 0 Å². The minimum atomic E-state index is -0.430. The maximum atomic E-state index is 8.61. The third kappa shape index (κ3) is 4.76. The number of azide groups is 1. The average molecular weight is 267 g/mol. The van der Waals surface area contributed by atoms with Crippen molar-refractivity contribution in [2.45, 2.75) is 25.7 Å². The van der Waals surface area contributed by atoms with E-state index in [9.17, 15) is 0 Å². The van der Waals surface area contributed by atoms with Crippen molar-refractivity contribution in [1.29, 1.82) is 0 Å². The van der Waals surface area contributed by atoms with Crippen molar-refractivity contribution in [3.63, 3.8) is 0 Å². The molecule has 0 amide bonds. The summed E-state index contributed by atoms with van der Waals surface area (Å²) in [7, 11) is 0. The summed E-state index contributed by atoms with van der Waals surface area (Å²) < 4.78 is 5.67. The van der Waals surface area contributed by atoms with Crippen LogP contribution in [0.2, 0.25) is 0 Å². The van der Waals surface area contributed by atoms with Crippen LogP contribution in [-0.4, -0.2) is 6.23 Å². The molecule has 20 heavy (non-hydrogen) atoms. The molecule has 0 aromatic heterocycles. The van der Waals surface area contributed by atoms with Crippen LogP contribution in [-0.2, 0) is 17.8 Å². The summed E-state index contributed by atoms with van der Waals surface area (Å²) in [6.07, 6.45) is 1.08. The van der Waals surface area contributed by atoms with Gasteiger partial charge in [0.15, 0.2) is 0 Å². The molecule has 0 saturated carbocycles. The van der Waals surface area contributed by atoms with Gasteiger partial charge in [0.1, 0.15) is 6.23 Å². The van der Waals surface area contributed by atoms with Crippen LogP contribution in [0.25, 0.3) is 10.4 Å². The van der Waals surface area contributed by atoms with Crippen LogP contribution >= 0.6 is 0 Å². The molecule has 0 aliphatic heterocycles. The van der Waals surface area contributed by atoms with E-state index in [0.29, 0.717) is 13.0 Å². The Balaban J connectivity index is 1.86. The molecule has 102 valence electrons. The van der Waals surface area contributed by atoms with Crippen molar-refractivity contribution < 1.29 is 4.74 Å². The molecule has 0 aliphatic carbocycles. The van der Waals surface area contributed by atoms with Gasteiger partial charge in [0, 0.05) is 4.91 Å². The zero-order chi connectivity index (χ0) is 14.0. The first kappa shape index (κ1) is 14.1. The van der Waals surface area contributed by atoms with Crippen molar-refractivity contribution >= 4 is 0 Å². The highest BCUT2D eigenvalue weighted by molar-refractivity contribution is 5.15. The molecular formula is C16H17N3O. The van der Waals surface area contributed by atoms with E-state index in [-0.39, 0.29) is 0 Å². The first-order chi connectivity index (χ1) is 9.88. The summed E-state index contributed by atoms with van der Waals surface area (Å²) in [5.74, 6) is 0. The van der Waals surface area contributed by atoms with Gasteiger partial charge in [0.2, 0.25) is 0 Å². The van der Waals surface area contributed by atoms with Gasteiger partial charge in [-0.2, -0.15) is 0 Å². The van der Waals surface area contributed by atoms with E-state index in [4.69, 9.17) is 10.3 Å². The summed E-state index contributed by atoms with van der Waals surface area (Å²) in [6, 6.07) is 20.0. The Morgan fingerprint density at radius 1 is 0.950 bits per heavy atom. The molecule has 0 aliphatic rings. The highest BCUT2D eigenvalue weighted by atomic mass is 16.5. The fraction of sp³-hybridized carbons (Fsp3) is 0.250. The van der Waals surface area contributed by atoms with Crippen LogP contribution in [0.15, 0.2) is 65.8 Å². The smallest absolute Gasteiger partial charge is 0.137 e. The summed E-state index contributed by atoms with van der Waals surface area (Å²) in [5.41, 5.74) is 10.9. The SMILES string of the molecule is [N-]=[N+]=NC(CCc1ccccc1)OCc1ccccc1. The lowest BCUT2D eigenvalue weighted by molar-refractivity contribution is 0.0399. The molecular weight excluding hydrogens is 250 g/mol. The minimum Gasteiger partial charge on any atom is -0.368 e. The van der Waals surface area contributed by atoms with Gasteiger partial charge in [-0.05, 0) is 29.5 Å².